The lowest BCUT2D eigenvalue weighted by atomic mass is 10.1. The van der Waals surface area contributed by atoms with E-state index in [-0.39, 0.29) is 5.91 Å². The van der Waals surface area contributed by atoms with Crippen molar-refractivity contribution >= 4 is 22.9 Å². The second kappa shape index (κ2) is 9.08. The SMILES string of the molecule is CC/C(C)=C(/N=c1ccc(N2CCNCC2)cn1C(C)=O)c1cc(F)c2nc(C)cn2c1. The van der Waals surface area contributed by atoms with Gasteiger partial charge in [-0.2, -0.15) is 0 Å². The highest BCUT2D eigenvalue weighted by atomic mass is 19.1. The highest BCUT2D eigenvalue weighted by molar-refractivity contribution is 5.77. The van der Waals surface area contributed by atoms with Crippen molar-refractivity contribution in [1.82, 2.24) is 19.3 Å². The van der Waals surface area contributed by atoms with Gasteiger partial charge in [-0.3, -0.25) is 9.36 Å². The van der Waals surface area contributed by atoms with Gasteiger partial charge in [-0.1, -0.05) is 6.92 Å². The summed E-state index contributed by atoms with van der Waals surface area (Å²) < 4.78 is 18.0. The van der Waals surface area contributed by atoms with E-state index in [1.807, 2.05) is 45.3 Å². The van der Waals surface area contributed by atoms with Crippen LogP contribution in [0.2, 0.25) is 0 Å². The molecule has 0 amide bonds. The molecule has 168 valence electrons. The van der Waals surface area contributed by atoms with E-state index >= 15 is 0 Å². The lowest BCUT2D eigenvalue weighted by Crippen LogP contribution is -2.44. The predicted octanol–water partition coefficient (Wildman–Crippen LogP) is 3.39. The zero-order valence-electron chi connectivity index (χ0n) is 19.0. The van der Waals surface area contributed by atoms with Crippen molar-refractivity contribution in [3.8, 4) is 0 Å². The number of halogens is 1. The van der Waals surface area contributed by atoms with Crippen LogP contribution in [0.15, 0.2) is 47.4 Å². The summed E-state index contributed by atoms with van der Waals surface area (Å²) in [6.07, 6.45) is 6.22. The van der Waals surface area contributed by atoms with Crippen LogP contribution in [0.4, 0.5) is 10.1 Å². The van der Waals surface area contributed by atoms with Gasteiger partial charge in [0.2, 0.25) is 5.91 Å². The number of nitrogens with zero attached hydrogens (tertiary/aromatic N) is 5. The molecule has 0 atom stereocenters. The molecule has 3 aromatic rings. The molecular formula is C24H29FN6O. The number of hydrogen-bond donors (Lipinski definition) is 1. The summed E-state index contributed by atoms with van der Waals surface area (Å²) in [6.45, 7) is 11.0. The first-order chi connectivity index (χ1) is 15.4. The molecular weight excluding hydrogens is 407 g/mol. The number of pyridine rings is 2. The Hall–Kier alpha value is -3.26. The minimum Gasteiger partial charge on any atom is -0.368 e. The van der Waals surface area contributed by atoms with Crippen LogP contribution in [0.1, 0.15) is 43.2 Å². The summed E-state index contributed by atoms with van der Waals surface area (Å²) >= 11 is 0. The van der Waals surface area contributed by atoms with Crippen molar-refractivity contribution in [3.05, 3.63) is 64.9 Å². The van der Waals surface area contributed by atoms with Gasteiger partial charge in [-0.25, -0.2) is 14.4 Å². The van der Waals surface area contributed by atoms with E-state index < -0.39 is 5.82 Å². The molecule has 4 heterocycles. The van der Waals surface area contributed by atoms with Gasteiger partial charge in [0.05, 0.1) is 17.1 Å². The molecule has 4 rings (SSSR count). The van der Waals surface area contributed by atoms with Crippen LogP contribution in [-0.4, -0.2) is 46.0 Å². The van der Waals surface area contributed by atoms with Gasteiger partial charge in [0.1, 0.15) is 5.49 Å². The summed E-state index contributed by atoms with van der Waals surface area (Å²) in [5.74, 6) is -0.526. The minimum absolute atomic E-state index is 0.124. The summed E-state index contributed by atoms with van der Waals surface area (Å²) in [6, 6.07) is 5.32. The monoisotopic (exact) mass is 436 g/mol. The maximum absolute atomic E-state index is 14.8. The molecule has 1 fully saturated rings. The van der Waals surface area contributed by atoms with Gasteiger partial charge < -0.3 is 14.6 Å². The molecule has 0 unspecified atom stereocenters. The molecule has 0 aliphatic carbocycles. The first kappa shape index (κ1) is 22.0. The molecule has 0 radical (unpaired) electrons. The van der Waals surface area contributed by atoms with E-state index in [1.165, 1.54) is 13.0 Å². The van der Waals surface area contributed by atoms with Crippen LogP contribution in [-0.2, 0) is 0 Å². The van der Waals surface area contributed by atoms with E-state index in [9.17, 15) is 9.18 Å². The number of piperazine rings is 1. The summed E-state index contributed by atoms with van der Waals surface area (Å²) in [5.41, 5.74) is 4.84. The Balaban J connectivity index is 1.85. The maximum Gasteiger partial charge on any atom is 0.229 e. The van der Waals surface area contributed by atoms with Crippen molar-refractivity contribution in [2.24, 2.45) is 4.99 Å². The molecule has 1 N–H and O–H groups in total. The molecule has 0 bridgehead atoms. The number of carbonyl (C=O) groups is 1. The van der Waals surface area contributed by atoms with Crippen LogP contribution >= 0.6 is 0 Å². The second-order valence-electron chi connectivity index (χ2n) is 8.16. The van der Waals surface area contributed by atoms with Crippen molar-refractivity contribution in [3.63, 3.8) is 0 Å². The van der Waals surface area contributed by atoms with Crippen molar-refractivity contribution < 1.29 is 9.18 Å². The standard InChI is InChI=1S/C24H29FN6O/c1-5-16(2)23(19-12-21(25)24-27-17(3)13-30(24)14-19)28-22-7-6-20(15-31(22)18(4)32)29-10-8-26-9-11-29/h6-7,12-15,26H,5,8-11H2,1-4H3/b23-16+,28-22?. The number of allylic oxidation sites excluding steroid dienone is 1. The quantitative estimate of drug-likeness (QED) is 0.681. The molecule has 8 heteroatoms. The number of aromatic nitrogens is 3. The Morgan fingerprint density at radius 1 is 1.19 bits per heavy atom. The number of fused-ring (bicyclic) bond motifs is 1. The van der Waals surface area contributed by atoms with Crippen LogP contribution < -0.4 is 15.7 Å². The Bertz CT molecular complexity index is 1260. The van der Waals surface area contributed by atoms with E-state index in [0.717, 1.165) is 49.6 Å². The number of anilines is 1. The zero-order valence-corrected chi connectivity index (χ0v) is 19.0. The fourth-order valence-corrected chi connectivity index (χ4v) is 3.93. The number of nitrogens with one attached hydrogen (secondary N) is 1. The van der Waals surface area contributed by atoms with Crippen molar-refractivity contribution in [2.45, 2.75) is 34.1 Å². The number of hydrogen-bond acceptors (Lipinski definition) is 5. The number of rotatable bonds is 4. The Morgan fingerprint density at radius 2 is 1.94 bits per heavy atom. The van der Waals surface area contributed by atoms with Gasteiger partial charge in [0.15, 0.2) is 11.5 Å². The maximum atomic E-state index is 14.8. The second-order valence-corrected chi connectivity index (χ2v) is 8.16. The zero-order chi connectivity index (χ0) is 22.8. The van der Waals surface area contributed by atoms with E-state index in [2.05, 4.69) is 15.2 Å². The molecule has 32 heavy (non-hydrogen) atoms. The molecule has 0 spiro atoms. The lowest BCUT2D eigenvalue weighted by Gasteiger charge is -2.29. The topological polar surface area (TPSA) is 66.9 Å². The lowest BCUT2D eigenvalue weighted by molar-refractivity contribution is 0.0931. The van der Waals surface area contributed by atoms with E-state index in [4.69, 9.17) is 4.99 Å². The minimum atomic E-state index is -0.402. The Morgan fingerprint density at radius 3 is 2.62 bits per heavy atom. The van der Waals surface area contributed by atoms with E-state index in [0.29, 0.717) is 22.4 Å². The number of aryl methyl sites for hydroxylation is 1. The third-order valence-corrected chi connectivity index (χ3v) is 5.79. The predicted molar refractivity (Wildman–Crippen MR) is 124 cm³/mol. The van der Waals surface area contributed by atoms with Gasteiger partial charge in [-0.15, -0.1) is 0 Å². The van der Waals surface area contributed by atoms with Crippen LogP contribution in [0.5, 0.6) is 0 Å². The first-order valence-electron chi connectivity index (χ1n) is 11.0. The van der Waals surface area contributed by atoms with Crippen molar-refractivity contribution in [1.29, 1.82) is 0 Å². The summed E-state index contributed by atoms with van der Waals surface area (Å²) in [4.78, 5) is 23.8. The summed E-state index contributed by atoms with van der Waals surface area (Å²) in [7, 11) is 0. The number of carbonyl (C=O) groups excluding carboxylic acids is 1. The number of imidazole rings is 1. The van der Waals surface area contributed by atoms with Crippen LogP contribution in [0, 0.1) is 12.7 Å². The largest absolute Gasteiger partial charge is 0.368 e. The molecule has 1 aliphatic rings. The average molecular weight is 437 g/mol. The first-order valence-corrected chi connectivity index (χ1v) is 11.0. The van der Waals surface area contributed by atoms with Crippen LogP contribution in [0.3, 0.4) is 0 Å². The van der Waals surface area contributed by atoms with Gasteiger partial charge in [0, 0.05) is 57.3 Å². The normalized spacial score (nSPS) is 15.9. The fourth-order valence-electron chi connectivity index (χ4n) is 3.93. The van der Waals surface area contributed by atoms with Gasteiger partial charge >= 0.3 is 0 Å². The van der Waals surface area contributed by atoms with E-state index in [1.54, 1.807) is 15.2 Å². The Labute approximate surface area is 186 Å². The van der Waals surface area contributed by atoms with Crippen LogP contribution in [0.25, 0.3) is 11.3 Å². The van der Waals surface area contributed by atoms with Gasteiger partial charge in [0.25, 0.3) is 0 Å². The van der Waals surface area contributed by atoms with Gasteiger partial charge in [-0.05, 0) is 44.0 Å². The molecule has 1 aliphatic heterocycles. The molecule has 7 nitrogen and oxygen atoms in total. The Kier molecular flexibility index (Phi) is 6.23. The smallest absolute Gasteiger partial charge is 0.229 e. The molecule has 0 saturated carbocycles. The fraction of sp³-hybridized carbons (Fsp3) is 0.375. The molecule has 1 saturated heterocycles. The highest BCUT2D eigenvalue weighted by Crippen LogP contribution is 2.24. The van der Waals surface area contributed by atoms with Crippen molar-refractivity contribution in [2.75, 3.05) is 31.1 Å². The third-order valence-electron chi connectivity index (χ3n) is 5.79. The average Bonchev–Trinajstić information content (AvgIpc) is 3.18. The third kappa shape index (κ3) is 4.36. The molecule has 3 aromatic heterocycles. The highest BCUT2D eigenvalue weighted by Gasteiger charge is 2.14. The summed E-state index contributed by atoms with van der Waals surface area (Å²) in [5, 5.41) is 3.34. The molecule has 0 aromatic carbocycles.